The molecular weight excluding hydrogens is 218 g/mol. The summed E-state index contributed by atoms with van der Waals surface area (Å²) >= 11 is 0. The molecule has 0 aromatic rings. The van der Waals surface area contributed by atoms with Crippen LogP contribution in [0.15, 0.2) is 9.63 Å². The predicted octanol–water partition coefficient (Wildman–Crippen LogP) is 0.586. The first-order valence-corrected chi connectivity index (χ1v) is 6.65. The molecule has 0 spiro atoms. The molecule has 1 saturated carbocycles. The van der Waals surface area contributed by atoms with E-state index >= 15 is 0 Å². The number of sulfonamides is 1. The van der Waals surface area contributed by atoms with Crippen molar-refractivity contribution in [3.05, 3.63) is 0 Å². The molecule has 1 aliphatic rings. The number of carbonyl (C=O) groups excluding carboxylic acids is 1. The van der Waals surface area contributed by atoms with E-state index in [9.17, 15) is 13.2 Å². The molecule has 7 heteroatoms. The summed E-state index contributed by atoms with van der Waals surface area (Å²) in [5, 5.41) is 3.65. The fraction of sp³-hybridized carbons (Fsp3) is 0.875. The maximum absolute atomic E-state index is 11.3. The van der Waals surface area contributed by atoms with E-state index in [1.54, 1.807) is 0 Å². The Morgan fingerprint density at radius 1 is 1.27 bits per heavy atom. The van der Waals surface area contributed by atoms with Crippen molar-refractivity contribution in [3.63, 3.8) is 0 Å². The molecule has 0 heterocycles. The van der Waals surface area contributed by atoms with Crippen LogP contribution in [0.3, 0.4) is 0 Å². The van der Waals surface area contributed by atoms with Crippen LogP contribution >= 0.6 is 0 Å². The average Bonchev–Trinajstić information content (AvgIpc) is 2.15. The fourth-order valence-electron chi connectivity index (χ4n) is 1.68. The number of carbonyl (C=O) groups is 1. The fourth-order valence-corrected chi connectivity index (χ4v) is 1.99. The Labute approximate surface area is 89.0 Å². The van der Waals surface area contributed by atoms with Crippen molar-refractivity contribution in [1.29, 1.82) is 0 Å². The number of primary amides is 1. The molecule has 86 valence electrons. The third-order valence-corrected chi connectivity index (χ3v) is 2.90. The second kappa shape index (κ2) is 4.26. The molecule has 0 atom stereocenters. The first-order valence-electron chi connectivity index (χ1n) is 4.80. The Hall–Kier alpha value is -0.980. The molecule has 1 fully saturated rings. The monoisotopic (exact) mass is 233 g/mol. The molecule has 2 N–H and O–H groups in total. The highest BCUT2D eigenvalue weighted by molar-refractivity contribution is 7.89. The van der Waals surface area contributed by atoms with Crippen LogP contribution in [-0.4, -0.2) is 26.1 Å². The third-order valence-electron chi connectivity index (χ3n) is 2.52. The molecule has 1 rings (SSSR count). The van der Waals surface area contributed by atoms with Crippen LogP contribution < -0.4 is 5.73 Å². The van der Waals surface area contributed by atoms with Gasteiger partial charge in [0.25, 0.3) is 10.0 Å². The van der Waals surface area contributed by atoms with Gasteiger partial charge < -0.3 is 5.73 Å². The van der Waals surface area contributed by atoms with Crippen LogP contribution in [0.2, 0.25) is 0 Å². The zero-order chi connectivity index (χ0) is 11.5. The van der Waals surface area contributed by atoms with Gasteiger partial charge in [0.2, 0.25) is 5.91 Å². The Morgan fingerprint density at radius 3 is 2.20 bits per heavy atom. The summed E-state index contributed by atoms with van der Waals surface area (Å²) in [6, 6.07) is 0. The molecule has 0 aliphatic heterocycles. The number of hydrogen-bond donors (Lipinski definition) is 1. The van der Waals surface area contributed by atoms with E-state index in [1.807, 2.05) is 0 Å². The summed E-state index contributed by atoms with van der Waals surface area (Å²) in [5.41, 5.74) is 4.15. The lowest BCUT2D eigenvalue weighted by molar-refractivity contribution is -0.124. The largest absolute Gasteiger partial charge is 0.368 e. The number of amides is 1. The minimum absolute atomic E-state index is 0.487. The molecule has 1 aliphatic carbocycles. The second-order valence-corrected chi connectivity index (χ2v) is 5.50. The molecule has 0 radical (unpaired) electrons. The van der Waals surface area contributed by atoms with Crippen LogP contribution in [0.25, 0.3) is 0 Å². The van der Waals surface area contributed by atoms with Gasteiger partial charge in [0.1, 0.15) is 0 Å². The van der Waals surface area contributed by atoms with Crippen molar-refractivity contribution in [2.24, 2.45) is 15.4 Å². The number of nitrogens with zero attached hydrogens (tertiary/aromatic N) is 2. The summed E-state index contributed by atoms with van der Waals surface area (Å²) in [6.07, 6.45) is 4.58. The van der Waals surface area contributed by atoms with E-state index in [0.717, 1.165) is 25.5 Å². The summed E-state index contributed by atoms with van der Waals surface area (Å²) < 4.78 is 24.8. The Kier molecular flexibility index (Phi) is 3.43. The van der Waals surface area contributed by atoms with Crippen molar-refractivity contribution in [2.75, 3.05) is 6.26 Å². The zero-order valence-corrected chi connectivity index (χ0v) is 9.46. The molecular formula is C8H15N3O3S. The first-order chi connectivity index (χ1) is 6.86. The van der Waals surface area contributed by atoms with Gasteiger partial charge in [-0.2, -0.15) is 5.11 Å². The van der Waals surface area contributed by atoms with Crippen LogP contribution in [0.1, 0.15) is 32.1 Å². The quantitative estimate of drug-likeness (QED) is 0.721. The minimum atomic E-state index is -3.54. The normalized spacial score (nSPS) is 21.7. The zero-order valence-electron chi connectivity index (χ0n) is 8.64. The van der Waals surface area contributed by atoms with E-state index in [-0.39, 0.29) is 0 Å². The van der Waals surface area contributed by atoms with Crippen LogP contribution in [0.4, 0.5) is 0 Å². The standard InChI is InChI=1S/C8H15N3O3S/c1-15(13,14)11-10-8(7(9)12)5-3-2-4-6-8/h2-6H2,1H3,(H2,9,12). The summed E-state index contributed by atoms with van der Waals surface area (Å²) in [7, 11) is -3.54. The summed E-state index contributed by atoms with van der Waals surface area (Å²) in [4.78, 5) is 11.3. The maximum atomic E-state index is 11.3. The lowest BCUT2D eigenvalue weighted by Crippen LogP contribution is -2.43. The topological polar surface area (TPSA) is 102 Å². The number of nitrogens with two attached hydrogens (primary N) is 1. The highest BCUT2D eigenvalue weighted by Gasteiger charge is 2.38. The molecule has 0 unspecified atom stereocenters. The van der Waals surface area contributed by atoms with E-state index in [4.69, 9.17) is 5.73 Å². The van der Waals surface area contributed by atoms with Gasteiger partial charge in [0.15, 0.2) is 5.54 Å². The highest BCUT2D eigenvalue weighted by Crippen LogP contribution is 2.31. The third kappa shape index (κ3) is 3.26. The van der Waals surface area contributed by atoms with Gasteiger partial charge in [0.05, 0.1) is 6.26 Å². The van der Waals surface area contributed by atoms with Crippen LogP contribution in [0, 0.1) is 0 Å². The van der Waals surface area contributed by atoms with Crippen molar-refractivity contribution in [2.45, 2.75) is 37.6 Å². The highest BCUT2D eigenvalue weighted by atomic mass is 32.2. The molecule has 0 aromatic carbocycles. The lowest BCUT2D eigenvalue weighted by atomic mass is 9.82. The Balaban J connectivity index is 2.92. The summed E-state index contributed by atoms with van der Waals surface area (Å²) in [6.45, 7) is 0. The molecule has 0 saturated heterocycles. The predicted molar refractivity (Wildman–Crippen MR) is 54.7 cm³/mol. The van der Waals surface area contributed by atoms with Crippen LogP contribution in [-0.2, 0) is 14.8 Å². The minimum Gasteiger partial charge on any atom is -0.368 e. The molecule has 6 nitrogen and oxygen atoms in total. The van der Waals surface area contributed by atoms with Gasteiger partial charge in [-0.25, -0.2) is 8.42 Å². The van der Waals surface area contributed by atoms with Crippen molar-refractivity contribution < 1.29 is 13.2 Å². The lowest BCUT2D eigenvalue weighted by Gasteiger charge is -2.28. The van der Waals surface area contributed by atoms with Gasteiger partial charge >= 0.3 is 0 Å². The van der Waals surface area contributed by atoms with E-state index < -0.39 is 21.5 Å². The first kappa shape index (κ1) is 12.1. The van der Waals surface area contributed by atoms with E-state index in [0.29, 0.717) is 12.8 Å². The summed E-state index contributed by atoms with van der Waals surface area (Å²) in [5.74, 6) is -0.588. The molecule has 15 heavy (non-hydrogen) atoms. The van der Waals surface area contributed by atoms with Crippen LogP contribution in [0.5, 0.6) is 0 Å². The second-order valence-electron chi connectivity index (χ2n) is 3.87. The van der Waals surface area contributed by atoms with Gasteiger partial charge in [-0.1, -0.05) is 23.8 Å². The van der Waals surface area contributed by atoms with Crippen molar-refractivity contribution in [1.82, 2.24) is 0 Å². The van der Waals surface area contributed by atoms with Crippen molar-refractivity contribution >= 4 is 15.9 Å². The van der Waals surface area contributed by atoms with E-state index in [1.165, 1.54) is 0 Å². The number of hydrogen-bond acceptors (Lipinski definition) is 4. The smallest absolute Gasteiger partial charge is 0.267 e. The number of rotatable bonds is 3. The maximum Gasteiger partial charge on any atom is 0.267 e. The van der Waals surface area contributed by atoms with Gasteiger partial charge in [-0.05, 0) is 12.8 Å². The van der Waals surface area contributed by atoms with Gasteiger partial charge in [0, 0.05) is 0 Å². The van der Waals surface area contributed by atoms with Gasteiger partial charge in [-0.3, -0.25) is 4.79 Å². The Morgan fingerprint density at radius 2 is 1.80 bits per heavy atom. The molecule has 1 amide bonds. The Bertz CT molecular complexity index is 369. The SMILES string of the molecule is CS(=O)(=O)N=NC1(C(N)=O)CCCCC1. The molecule has 0 bridgehead atoms. The van der Waals surface area contributed by atoms with Gasteiger partial charge in [-0.15, -0.1) is 0 Å². The molecule has 0 aromatic heterocycles. The average molecular weight is 233 g/mol. The van der Waals surface area contributed by atoms with E-state index in [2.05, 4.69) is 9.63 Å². The van der Waals surface area contributed by atoms with Crippen molar-refractivity contribution in [3.8, 4) is 0 Å².